The van der Waals surface area contributed by atoms with Gasteiger partial charge in [0.25, 0.3) is 5.91 Å². The lowest BCUT2D eigenvalue weighted by atomic mass is 9.49. The van der Waals surface area contributed by atoms with Crippen molar-refractivity contribution in [2.45, 2.75) is 83.6 Å². The molecule has 5 rings (SSSR count). The zero-order valence-electron chi connectivity index (χ0n) is 16.4. The van der Waals surface area contributed by atoms with Crippen LogP contribution in [0.1, 0.15) is 77.6 Å². The first-order valence-corrected chi connectivity index (χ1v) is 10.8. The molecule has 0 aromatic heterocycles. The van der Waals surface area contributed by atoms with Crippen molar-refractivity contribution in [2.24, 2.45) is 29.1 Å². The highest BCUT2D eigenvalue weighted by Crippen LogP contribution is 2.61. The molecule has 0 aliphatic heterocycles. The molecule has 3 amide bonds. The minimum atomic E-state index is -0.551. The van der Waals surface area contributed by atoms with Crippen LogP contribution in [0, 0.1) is 29.1 Å². The van der Waals surface area contributed by atoms with Gasteiger partial charge in [-0.1, -0.05) is 12.8 Å². The fraction of sp³-hybridized carbons (Fsp3) is 0.857. The maximum Gasteiger partial charge on any atom is 0.261 e. The van der Waals surface area contributed by atoms with Crippen molar-refractivity contribution in [3.63, 3.8) is 0 Å². The van der Waals surface area contributed by atoms with Crippen molar-refractivity contribution >= 4 is 17.7 Å². The Labute approximate surface area is 161 Å². The topological polar surface area (TPSA) is 87.3 Å². The summed E-state index contributed by atoms with van der Waals surface area (Å²) >= 11 is 0. The van der Waals surface area contributed by atoms with Crippen molar-refractivity contribution < 1.29 is 14.4 Å². The van der Waals surface area contributed by atoms with Crippen molar-refractivity contribution in [2.75, 3.05) is 0 Å². The van der Waals surface area contributed by atoms with Gasteiger partial charge in [-0.15, -0.1) is 0 Å². The Morgan fingerprint density at radius 1 is 0.926 bits per heavy atom. The van der Waals surface area contributed by atoms with Crippen LogP contribution in [-0.4, -0.2) is 23.8 Å². The molecule has 5 saturated carbocycles. The highest BCUT2D eigenvalue weighted by atomic mass is 16.2. The molecule has 150 valence electrons. The molecule has 0 radical (unpaired) electrons. The lowest BCUT2D eigenvalue weighted by molar-refractivity contribution is -0.136. The molecule has 0 aromatic carbocycles. The largest absolute Gasteiger partial charge is 0.344 e. The first kappa shape index (κ1) is 18.8. The zero-order valence-corrected chi connectivity index (χ0v) is 16.4. The molecule has 5 aliphatic rings. The second-order valence-corrected chi connectivity index (χ2v) is 9.85. The van der Waals surface area contributed by atoms with Gasteiger partial charge < -0.3 is 5.32 Å². The van der Waals surface area contributed by atoms with Crippen molar-refractivity contribution in [1.29, 1.82) is 0 Å². The van der Waals surface area contributed by atoms with Gasteiger partial charge in [0.2, 0.25) is 11.8 Å². The maximum atomic E-state index is 12.6. The van der Waals surface area contributed by atoms with E-state index in [1.54, 1.807) is 0 Å². The summed E-state index contributed by atoms with van der Waals surface area (Å²) < 4.78 is 0. The van der Waals surface area contributed by atoms with Crippen LogP contribution in [0.15, 0.2) is 0 Å². The smallest absolute Gasteiger partial charge is 0.261 e. The Hall–Kier alpha value is -1.59. The maximum absolute atomic E-state index is 12.6. The van der Waals surface area contributed by atoms with E-state index >= 15 is 0 Å². The van der Waals surface area contributed by atoms with E-state index in [9.17, 15) is 14.4 Å². The Kier molecular flexibility index (Phi) is 5.17. The summed E-state index contributed by atoms with van der Waals surface area (Å²) in [7, 11) is 0. The first-order chi connectivity index (χ1) is 12.9. The predicted octanol–water partition coefficient (Wildman–Crippen LogP) is 2.44. The lowest BCUT2D eigenvalue weighted by Gasteiger charge is -2.56. The molecule has 6 heteroatoms. The van der Waals surface area contributed by atoms with E-state index in [-0.39, 0.29) is 29.1 Å². The summed E-state index contributed by atoms with van der Waals surface area (Å²) in [5, 5.41) is 2.77. The average molecular weight is 376 g/mol. The zero-order chi connectivity index (χ0) is 19.0. The molecule has 5 aliphatic carbocycles. The number of carbonyl (C=O) groups excluding carboxylic acids is 3. The Morgan fingerprint density at radius 3 is 2.00 bits per heavy atom. The second kappa shape index (κ2) is 7.44. The molecule has 5 fully saturated rings. The highest BCUT2D eigenvalue weighted by molar-refractivity contribution is 5.89. The molecule has 0 saturated heterocycles. The monoisotopic (exact) mass is 375 g/mol. The van der Waals surface area contributed by atoms with Gasteiger partial charge in [-0.3, -0.25) is 25.2 Å². The van der Waals surface area contributed by atoms with Crippen LogP contribution in [0.2, 0.25) is 0 Å². The quantitative estimate of drug-likeness (QED) is 0.645. The third kappa shape index (κ3) is 4.14. The summed E-state index contributed by atoms with van der Waals surface area (Å²) in [5.74, 6) is 2.01. The summed E-state index contributed by atoms with van der Waals surface area (Å²) in [6.45, 7) is 1.43. The lowest BCUT2D eigenvalue weighted by Crippen LogP contribution is -2.55. The number of rotatable bonds is 5. The van der Waals surface area contributed by atoms with Gasteiger partial charge >= 0.3 is 0 Å². The summed E-state index contributed by atoms with van der Waals surface area (Å²) in [6.07, 6.45) is 12.2. The number of hydrogen-bond acceptors (Lipinski definition) is 3. The van der Waals surface area contributed by atoms with E-state index in [2.05, 4.69) is 16.2 Å². The van der Waals surface area contributed by atoms with Gasteiger partial charge in [-0.05, 0) is 80.5 Å². The standard InChI is InChI=1S/C21H33N3O3/c1-13(25)22-19(17-4-2-3-5-17)20(27)24-23-18(26)12-21-9-14-6-15(10-21)8-16(7-14)11-21/h14-17,19H,2-12H2,1H3,(H,22,25)(H,23,26)(H,24,27). The minimum absolute atomic E-state index is 0.0849. The molecule has 0 aromatic rings. The fourth-order valence-electron chi connectivity index (χ4n) is 7.01. The van der Waals surface area contributed by atoms with Crippen LogP contribution in [0.3, 0.4) is 0 Å². The Bertz CT molecular complexity index is 577. The van der Waals surface area contributed by atoms with Gasteiger partial charge in [0, 0.05) is 13.3 Å². The van der Waals surface area contributed by atoms with Gasteiger partial charge in [-0.2, -0.15) is 0 Å². The first-order valence-electron chi connectivity index (χ1n) is 10.8. The second-order valence-electron chi connectivity index (χ2n) is 9.85. The molecule has 0 spiro atoms. The van der Waals surface area contributed by atoms with E-state index in [1.165, 1.54) is 45.4 Å². The van der Waals surface area contributed by atoms with Crippen molar-refractivity contribution in [3.05, 3.63) is 0 Å². The number of carbonyl (C=O) groups is 3. The van der Waals surface area contributed by atoms with Gasteiger partial charge in [0.05, 0.1) is 0 Å². The van der Waals surface area contributed by atoms with Gasteiger partial charge in [0.15, 0.2) is 0 Å². The van der Waals surface area contributed by atoms with E-state index in [1.807, 2.05) is 0 Å². The van der Waals surface area contributed by atoms with E-state index in [0.29, 0.717) is 6.42 Å². The molecular formula is C21H33N3O3. The average Bonchev–Trinajstić information content (AvgIpc) is 3.10. The molecule has 3 N–H and O–H groups in total. The Balaban J connectivity index is 1.30. The highest BCUT2D eigenvalue weighted by Gasteiger charge is 2.51. The van der Waals surface area contributed by atoms with E-state index in [4.69, 9.17) is 0 Å². The molecule has 27 heavy (non-hydrogen) atoms. The van der Waals surface area contributed by atoms with Crippen LogP contribution in [0.4, 0.5) is 0 Å². The normalized spacial score (nSPS) is 35.7. The number of hydrazine groups is 1. The van der Waals surface area contributed by atoms with Crippen LogP contribution < -0.4 is 16.2 Å². The van der Waals surface area contributed by atoms with Crippen LogP contribution in [0.5, 0.6) is 0 Å². The van der Waals surface area contributed by atoms with Crippen LogP contribution in [-0.2, 0) is 14.4 Å². The molecular weight excluding hydrogens is 342 g/mol. The molecule has 4 bridgehead atoms. The van der Waals surface area contributed by atoms with E-state index in [0.717, 1.165) is 43.4 Å². The van der Waals surface area contributed by atoms with E-state index < -0.39 is 6.04 Å². The minimum Gasteiger partial charge on any atom is -0.344 e. The van der Waals surface area contributed by atoms with Crippen molar-refractivity contribution in [3.8, 4) is 0 Å². The molecule has 6 nitrogen and oxygen atoms in total. The third-order valence-corrected chi connectivity index (χ3v) is 7.54. The van der Waals surface area contributed by atoms with Crippen LogP contribution in [0.25, 0.3) is 0 Å². The number of hydrogen-bond donors (Lipinski definition) is 3. The Morgan fingerprint density at radius 2 is 1.48 bits per heavy atom. The third-order valence-electron chi connectivity index (χ3n) is 7.54. The van der Waals surface area contributed by atoms with Crippen molar-refractivity contribution in [1.82, 2.24) is 16.2 Å². The van der Waals surface area contributed by atoms with Gasteiger partial charge in [0.1, 0.15) is 6.04 Å². The number of nitrogens with one attached hydrogen (secondary N) is 3. The predicted molar refractivity (Wildman–Crippen MR) is 101 cm³/mol. The summed E-state index contributed by atoms with van der Waals surface area (Å²) in [6, 6.07) is -0.551. The summed E-state index contributed by atoms with van der Waals surface area (Å²) in [5.41, 5.74) is 5.40. The SMILES string of the molecule is CC(=O)NC(C(=O)NNC(=O)CC12CC3CC(CC(C3)C1)C2)C1CCCC1. The summed E-state index contributed by atoms with van der Waals surface area (Å²) in [4.78, 5) is 36.7. The fourth-order valence-corrected chi connectivity index (χ4v) is 7.01. The molecule has 0 heterocycles. The van der Waals surface area contributed by atoms with Crippen LogP contribution >= 0.6 is 0 Å². The van der Waals surface area contributed by atoms with Gasteiger partial charge in [-0.25, -0.2) is 0 Å². The molecule has 1 unspecified atom stereocenters. The number of amides is 3. The molecule has 1 atom stereocenters.